The van der Waals surface area contributed by atoms with Crippen molar-refractivity contribution in [3.05, 3.63) is 22.8 Å². The molecule has 5 nitrogen and oxygen atoms in total. The normalized spacial score (nSPS) is 21.8. The highest BCUT2D eigenvalue weighted by atomic mass is 16.4. The number of hydrogen-bond acceptors (Lipinski definition) is 4. The van der Waals surface area contributed by atoms with E-state index in [0.29, 0.717) is 30.1 Å². The van der Waals surface area contributed by atoms with E-state index >= 15 is 0 Å². The molecule has 2 N–H and O–H groups in total. The summed E-state index contributed by atoms with van der Waals surface area (Å²) < 4.78 is 0. The number of allylic oxidation sites excluding steroid dienone is 2. The minimum Gasteiger partial charge on any atom is -0.478 e. The molecule has 1 heterocycles. The lowest BCUT2D eigenvalue weighted by molar-refractivity contribution is -0.133. The quantitative estimate of drug-likeness (QED) is 0.820. The van der Waals surface area contributed by atoms with Crippen LogP contribution in [-0.2, 0) is 9.59 Å². The largest absolute Gasteiger partial charge is 0.478 e. The van der Waals surface area contributed by atoms with Crippen LogP contribution >= 0.6 is 0 Å². The fraction of sp³-hybridized carbons (Fsp3) is 0.533. The van der Waals surface area contributed by atoms with Crippen molar-refractivity contribution in [3.8, 4) is 0 Å². The number of carboxylic acids is 1. The molecule has 0 aromatic carbocycles. The Kier molecular flexibility index (Phi) is 3.54. The Bertz CT molecular complexity index is 566. The van der Waals surface area contributed by atoms with Gasteiger partial charge in [-0.15, -0.1) is 0 Å². The van der Waals surface area contributed by atoms with Gasteiger partial charge in [-0.3, -0.25) is 9.79 Å². The molecule has 1 aliphatic carbocycles. The van der Waals surface area contributed by atoms with Gasteiger partial charge in [0.2, 0.25) is 0 Å². The Morgan fingerprint density at radius 3 is 2.55 bits per heavy atom. The van der Waals surface area contributed by atoms with Crippen molar-refractivity contribution < 1.29 is 14.7 Å². The molecule has 0 aromatic rings. The molecule has 0 bridgehead atoms. The Balaban J connectivity index is 2.68. The van der Waals surface area contributed by atoms with E-state index in [1.165, 1.54) is 0 Å². The summed E-state index contributed by atoms with van der Waals surface area (Å²) in [4.78, 5) is 28.5. The second-order valence-electron chi connectivity index (χ2n) is 6.01. The van der Waals surface area contributed by atoms with Gasteiger partial charge in [0.25, 0.3) is 0 Å². The molecule has 0 fully saturated rings. The maximum absolute atomic E-state index is 12.5. The van der Waals surface area contributed by atoms with Crippen LogP contribution < -0.4 is 5.32 Å². The van der Waals surface area contributed by atoms with E-state index in [4.69, 9.17) is 0 Å². The van der Waals surface area contributed by atoms with Crippen LogP contribution in [0.25, 0.3) is 0 Å². The first kappa shape index (κ1) is 14.5. The van der Waals surface area contributed by atoms with Crippen molar-refractivity contribution in [3.63, 3.8) is 0 Å². The SMILES string of the molecule is CC(C)C1=C(C(=O)O)C(C2=NCCN2)=CC(C)(C)C1=O. The lowest BCUT2D eigenvalue weighted by atomic mass is 9.71. The summed E-state index contributed by atoms with van der Waals surface area (Å²) >= 11 is 0. The third kappa shape index (κ3) is 2.28. The van der Waals surface area contributed by atoms with Crippen molar-refractivity contribution in [2.45, 2.75) is 27.7 Å². The lowest BCUT2D eigenvalue weighted by Gasteiger charge is -2.31. The predicted octanol–water partition coefficient (Wildman–Crippen LogP) is 1.56. The number of nitrogens with zero attached hydrogens (tertiary/aromatic N) is 1. The van der Waals surface area contributed by atoms with Crippen LogP contribution in [0.2, 0.25) is 0 Å². The zero-order valence-corrected chi connectivity index (χ0v) is 12.3. The highest BCUT2D eigenvalue weighted by Gasteiger charge is 2.40. The fourth-order valence-corrected chi connectivity index (χ4v) is 2.65. The summed E-state index contributed by atoms with van der Waals surface area (Å²) in [5.41, 5.74) is 0.318. The summed E-state index contributed by atoms with van der Waals surface area (Å²) in [5.74, 6) is -0.743. The molecule has 0 spiro atoms. The molecule has 0 amide bonds. The molecule has 0 unspecified atom stereocenters. The maximum Gasteiger partial charge on any atom is 0.336 e. The standard InChI is InChI=1S/C15H20N2O3/c1-8(2)10-11(14(19)20)9(13-16-5-6-17-13)7-15(3,4)12(10)18/h7-8H,5-6H2,1-4H3,(H,16,17)(H,19,20). The topological polar surface area (TPSA) is 78.8 Å². The Labute approximate surface area is 118 Å². The molecular weight excluding hydrogens is 256 g/mol. The van der Waals surface area contributed by atoms with Crippen LogP contribution in [0.4, 0.5) is 0 Å². The van der Waals surface area contributed by atoms with Gasteiger partial charge in [0.15, 0.2) is 5.78 Å². The summed E-state index contributed by atoms with van der Waals surface area (Å²) in [5, 5.41) is 12.6. The lowest BCUT2D eigenvalue weighted by Crippen LogP contribution is -2.36. The molecule has 20 heavy (non-hydrogen) atoms. The number of carbonyl (C=O) groups is 2. The van der Waals surface area contributed by atoms with Gasteiger partial charge in [-0.05, 0) is 19.8 Å². The number of carbonyl (C=O) groups excluding carboxylic acids is 1. The third-order valence-electron chi connectivity index (χ3n) is 3.59. The number of Topliss-reactive ketones (excluding diaryl/α,β-unsaturated/α-hetero) is 1. The zero-order valence-electron chi connectivity index (χ0n) is 12.3. The van der Waals surface area contributed by atoms with E-state index in [2.05, 4.69) is 10.3 Å². The average Bonchev–Trinajstić information content (AvgIpc) is 2.84. The van der Waals surface area contributed by atoms with Gasteiger partial charge >= 0.3 is 5.97 Å². The Hall–Kier alpha value is -1.91. The number of aliphatic imine (C=N–C) groups is 1. The molecule has 0 saturated heterocycles. The van der Waals surface area contributed by atoms with Crippen LogP contribution in [0.5, 0.6) is 0 Å². The van der Waals surface area contributed by atoms with E-state index in [0.717, 1.165) is 0 Å². The smallest absolute Gasteiger partial charge is 0.336 e. The van der Waals surface area contributed by atoms with Crippen molar-refractivity contribution >= 4 is 17.6 Å². The Morgan fingerprint density at radius 1 is 1.45 bits per heavy atom. The molecule has 2 aliphatic rings. The van der Waals surface area contributed by atoms with Gasteiger partial charge in [0.05, 0.1) is 12.1 Å². The Morgan fingerprint density at radius 2 is 2.10 bits per heavy atom. The molecule has 0 aromatic heterocycles. The third-order valence-corrected chi connectivity index (χ3v) is 3.59. The fourth-order valence-electron chi connectivity index (χ4n) is 2.65. The van der Waals surface area contributed by atoms with E-state index in [9.17, 15) is 14.7 Å². The van der Waals surface area contributed by atoms with E-state index < -0.39 is 11.4 Å². The van der Waals surface area contributed by atoms with Gasteiger partial charge in [-0.2, -0.15) is 0 Å². The van der Waals surface area contributed by atoms with Crippen molar-refractivity contribution in [2.75, 3.05) is 13.1 Å². The summed E-state index contributed by atoms with van der Waals surface area (Å²) in [6.45, 7) is 8.64. The average molecular weight is 276 g/mol. The number of amidine groups is 1. The minimum absolute atomic E-state index is 0.0949. The van der Waals surface area contributed by atoms with Crippen LogP contribution in [0.1, 0.15) is 27.7 Å². The highest BCUT2D eigenvalue weighted by molar-refractivity contribution is 6.19. The van der Waals surface area contributed by atoms with Crippen molar-refractivity contribution in [2.24, 2.45) is 16.3 Å². The molecule has 0 radical (unpaired) electrons. The second kappa shape index (κ2) is 4.89. The number of ketones is 1. The summed E-state index contributed by atoms with van der Waals surface area (Å²) in [7, 11) is 0. The van der Waals surface area contributed by atoms with Gasteiger partial charge in [0, 0.05) is 23.1 Å². The predicted molar refractivity (Wildman–Crippen MR) is 76.7 cm³/mol. The number of aliphatic carboxylic acids is 1. The van der Waals surface area contributed by atoms with E-state index in [-0.39, 0.29) is 17.3 Å². The van der Waals surface area contributed by atoms with Crippen molar-refractivity contribution in [1.82, 2.24) is 5.32 Å². The summed E-state index contributed by atoms with van der Waals surface area (Å²) in [6.07, 6.45) is 1.72. The number of rotatable bonds is 3. The van der Waals surface area contributed by atoms with Crippen molar-refractivity contribution in [1.29, 1.82) is 0 Å². The molecule has 0 atom stereocenters. The molecule has 2 rings (SSSR count). The molecule has 1 aliphatic heterocycles. The summed E-state index contributed by atoms with van der Waals surface area (Å²) in [6, 6.07) is 0. The second-order valence-corrected chi connectivity index (χ2v) is 6.01. The zero-order chi connectivity index (χ0) is 15.1. The van der Waals surface area contributed by atoms with Gasteiger partial charge < -0.3 is 10.4 Å². The minimum atomic E-state index is -1.07. The van der Waals surface area contributed by atoms with Gasteiger partial charge in [-0.25, -0.2) is 4.79 Å². The van der Waals surface area contributed by atoms with Gasteiger partial charge in [0.1, 0.15) is 5.84 Å². The number of hydrogen-bond donors (Lipinski definition) is 2. The molecule has 5 heteroatoms. The first-order valence-corrected chi connectivity index (χ1v) is 6.80. The number of nitrogens with one attached hydrogen (secondary N) is 1. The first-order valence-electron chi connectivity index (χ1n) is 6.80. The molecule has 0 saturated carbocycles. The van der Waals surface area contributed by atoms with E-state index in [1.807, 2.05) is 27.7 Å². The maximum atomic E-state index is 12.5. The van der Waals surface area contributed by atoms with Crippen LogP contribution in [0.15, 0.2) is 27.8 Å². The first-order chi connectivity index (χ1) is 9.25. The van der Waals surface area contributed by atoms with Crippen LogP contribution in [-0.4, -0.2) is 35.8 Å². The van der Waals surface area contributed by atoms with E-state index in [1.54, 1.807) is 6.08 Å². The number of carboxylic acid groups (broad SMARTS) is 1. The van der Waals surface area contributed by atoms with Crippen LogP contribution in [0, 0.1) is 11.3 Å². The molecule has 108 valence electrons. The monoisotopic (exact) mass is 276 g/mol. The molecular formula is C15H20N2O3. The van der Waals surface area contributed by atoms with Crippen LogP contribution in [0.3, 0.4) is 0 Å². The van der Waals surface area contributed by atoms with Gasteiger partial charge in [-0.1, -0.05) is 19.9 Å². The highest BCUT2D eigenvalue weighted by Crippen LogP contribution is 2.38.